The molecule has 92 heavy (non-hydrogen) atoms. The third-order valence-electron chi connectivity index (χ3n) is 14.9. The summed E-state index contributed by atoms with van der Waals surface area (Å²) in [6.45, 7) is 34.3. The molecule has 2 aliphatic heterocycles. The van der Waals surface area contributed by atoms with Gasteiger partial charge in [-0.1, -0.05) is 55.1 Å². The molecule has 8 heterocycles. The molecule has 0 amide bonds. The van der Waals surface area contributed by atoms with Crippen LogP contribution in [-0.2, 0) is 0 Å². The van der Waals surface area contributed by atoms with E-state index in [1.165, 1.54) is 19.3 Å². The maximum Gasteiger partial charge on any atom is 0.183 e. The van der Waals surface area contributed by atoms with Crippen LogP contribution in [0.5, 0.6) is 34.5 Å². The summed E-state index contributed by atoms with van der Waals surface area (Å²) in [5.74, 6) is 4.51. The molecule has 0 aliphatic carbocycles. The van der Waals surface area contributed by atoms with Crippen LogP contribution >= 0.6 is 68.8 Å². The minimum Gasteiger partial charge on any atom is -0.495 e. The summed E-state index contributed by atoms with van der Waals surface area (Å²) >= 11 is 24.9. The Kier molecular flexibility index (Phi) is 25.1. The average molecular weight is 1370 g/mol. The van der Waals surface area contributed by atoms with Gasteiger partial charge in [0.15, 0.2) is 10.3 Å². The molecule has 0 bridgehead atoms. The van der Waals surface area contributed by atoms with Crippen LogP contribution in [0.2, 0.25) is 15.1 Å². The zero-order valence-corrected chi connectivity index (χ0v) is 60.1. The van der Waals surface area contributed by atoms with Gasteiger partial charge < -0.3 is 44.0 Å². The van der Waals surface area contributed by atoms with E-state index in [-0.39, 0.29) is 18.3 Å². The highest BCUT2D eigenvalue weighted by Gasteiger charge is 2.23. The fraction of sp³-hybridized carbons (Fsp3) is 0.478. The first-order valence-electron chi connectivity index (χ1n) is 31.8. The van der Waals surface area contributed by atoms with E-state index in [1.807, 2.05) is 107 Å². The smallest absolute Gasteiger partial charge is 0.183 e. The Bertz CT molecular complexity index is 3880. The Balaban J connectivity index is 0.000000165. The van der Waals surface area contributed by atoms with Crippen LogP contribution < -0.4 is 39.1 Å². The Labute approximate surface area is 569 Å². The number of thiazole rings is 3. The van der Waals surface area contributed by atoms with E-state index in [4.69, 9.17) is 93.1 Å². The van der Waals surface area contributed by atoms with Crippen molar-refractivity contribution < 1.29 is 28.4 Å². The normalized spacial score (nSPS) is 14.2. The summed E-state index contributed by atoms with van der Waals surface area (Å²) in [6.07, 6.45) is 3.96. The minimum atomic E-state index is 0.0188. The predicted octanol–water partition coefficient (Wildman–Crippen LogP) is 17.7. The van der Waals surface area contributed by atoms with Crippen molar-refractivity contribution in [3.05, 3.63) is 91.5 Å². The predicted molar refractivity (Wildman–Crippen MR) is 384 cm³/mol. The van der Waals surface area contributed by atoms with Crippen molar-refractivity contribution in [2.45, 2.75) is 139 Å². The maximum absolute atomic E-state index is 6.83. The van der Waals surface area contributed by atoms with E-state index in [2.05, 4.69) is 79.3 Å². The molecule has 2 N–H and O–H groups in total. The van der Waals surface area contributed by atoms with E-state index in [0.717, 1.165) is 135 Å². The second-order valence-corrected chi connectivity index (χ2v) is 28.4. The number of anilines is 2. The highest BCUT2D eigenvalue weighted by molar-refractivity contribution is 7.14. The first-order chi connectivity index (χ1) is 44.1. The van der Waals surface area contributed by atoms with Crippen LogP contribution in [0.15, 0.2) is 70.7 Å². The summed E-state index contributed by atoms with van der Waals surface area (Å²) in [5, 5.41) is 19.5. The number of aromatic nitrogens is 6. The summed E-state index contributed by atoms with van der Waals surface area (Å²) in [6, 6.07) is 18.0. The number of fused-ring (bicyclic) bond motifs is 3. The Morgan fingerprint density at radius 3 is 1.28 bits per heavy atom. The Morgan fingerprint density at radius 2 is 0.870 bits per heavy atom. The number of nitrogens with zero attached hydrogens (tertiary/aromatic N) is 9. The average Bonchev–Trinajstić information content (AvgIpc) is 1.30. The second kappa shape index (κ2) is 32.9. The van der Waals surface area contributed by atoms with Crippen LogP contribution in [0, 0.1) is 0 Å². The molecule has 0 radical (unpaired) electrons. The quantitative estimate of drug-likeness (QED) is 0.0620. The van der Waals surface area contributed by atoms with Gasteiger partial charge in [-0.15, -0.1) is 34.0 Å². The van der Waals surface area contributed by atoms with E-state index in [0.29, 0.717) is 80.1 Å². The highest BCUT2D eigenvalue weighted by Crippen LogP contribution is 2.43. The number of ether oxygens (including phenoxy) is 6. The van der Waals surface area contributed by atoms with E-state index in [1.54, 1.807) is 41.1 Å². The molecule has 17 nitrogen and oxygen atoms in total. The topological polar surface area (TPSA) is 166 Å². The molecule has 2 saturated heterocycles. The minimum absolute atomic E-state index is 0.0188. The van der Waals surface area contributed by atoms with Gasteiger partial charge in [-0.05, 0) is 145 Å². The molecule has 3 aromatic carbocycles. The van der Waals surface area contributed by atoms with Crippen molar-refractivity contribution in [3.63, 3.8) is 0 Å². The number of likely N-dealkylation sites (N-methyl/N-ethyl adjacent to an activating group) is 1. The lowest BCUT2D eigenvalue weighted by molar-refractivity contribution is 0.134. The number of methoxy groups -OCH3 is 1. The Hall–Kier alpha value is -6.07. The van der Waals surface area contributed by atoms with Crippen molar-refractivity contribution in [2.24, 2.45) is 0 Å². The number of rotatable bonds is 23. The number of piperazine rings is 1. The van der Waals surface area contributed by atoms with Gasteiger partial charge in [0.25, 0.3) is 0 Å². The zero-order chi connectivity index (χ0) is 65.8. The number of nitrogens with one attached hydrogen (secondary N) is 2. The molecular weight excluding hydrogens is 1280 g/mol. The molecule has 0 saturated carbocycles. The Morgan fingerprint density at radius 1 is 0.457 bits per heavy atom. The molecule has 23 heteroatoms. The van der Waals surface area contributed by atoms with Crippen molar-refractivity contribution in [1.82, 2.24) is 44.6 Å². The second-order valence-electron chi connectivity index (χ2n) is 24.7. The lowest BCUT2D eigenvalue weighted by Crippen LogP contribution is -2.45. The molecule has 2 fully saturated rings. The van der Waals surface area contributed by atoms with Gasteiger partial charge in [0.1, 0.15) is 84.9 Å². The summed E-state index contributed by atoms with van der Waals surface area (Å²) in [7, 11) is 3.76. The zero-order valence-electron chi connectivity index (χ0n) is 55.4. The van der Waals surface area contributed by atoms with Gasteiger partial charge in [-0.2, -0.15) is 0 Å². The van der Waals surface area contributed by atoms with Gasteiger partial charge >= 0.3 is 0 Å². The molecule has 0 unspecified atom stereocenters. The van der Waals surface area contributed by atoms with Crippen LogP contribution in [0.4, 0.5) is 10.3 Å². The van der Waals surface area contributed by atoms with Crippen LogP contribution in [0.25, 0.3) is 66.2 Å². The van der Waals surface area contributed by atoms with Crippen LogP contribution in [0.1, 0.15) is 114 Å². The summed E-state index contributed by atoms with van der Waals surface area (Å²) in [4.78, 5) is 35.9. The van der Waals surface area contributed by atoms with Gasteiger partial charge in [-0.3, -0.25) is 9.80 Å². The summed E-state index contributed by atoms with van der Waals surface area (Å²) in [5.41, 5.74) is 6.87. The third kappa shape index (κ3) is 18.6. The van der Waals surface area contributed by atoms with Gasteiger partial charge in [0.05, 0.1) is 59.1 Å². The van der Waals surface area contributed by atoms with E-state index < -0.39 is 0 Å². The molecule has 494 valence electrons. The molecule has 2 aliphatic rings. The number of halogens is 3. The first kappa shape index (κ1) is 70.3. The lowest BCUT2D eigenvalue weighted by Gasteiger charge is -2.32. The van der Waals surface area contributed by atoms with E-state index >= 15 is 0 Å². The number of piperidine rings is 1. The number of hydrogen-bond acceptors (Lipinski definition) is 20. The molecule has 9 aromatic rings. The molecule has 11 rings (SSSR count). The number of pyridine rings is 3. The number of benzene rings is 3. The fourth-order valence-corrected chi connectivity index (χ4v) is 13.8. The fourth-order valence-electron chi connectivity index (χ4n) is 10.3. The molecule has 0 spiro atoms. The lowest BCUT2D eigenvalue weighted by atomic mass is 10.1. The highest BCUT2D eigenvalue weighted by atomic mass is 35.5. The molecular formula is C69H88Cl3N11O6S3. The number of likely N-dealkylation sites (tertiary alicyclic amines) is 1. The largest absolute Gasteiger partial charge is 0.495 e. The SMILES string of the molecule is CC(C)Nc1nc(-c2cc(OC(C)C)c3ccc(OCCN4CCCCC4)c(Cl)c3n2)cs1.CC(C)Nc1nc(-c2cc(OC(C)C)c3ccc(OCCN4CCN(C)CC4)c(Cl)c3n2)cs1.COc1ccc2c(OC(C)C)cc(-c3nc(C(C)C)cs3)nc2c1Cl. The standard InChI is InChI=1S/C25H34ClN5O2S.C25H33ClN4O2S.C19H21ClN2O2S/c1-16(2)27-25-29-20(15-34-25)19-14-22(33-17(3)4)18-6-7-21(23(26)24(18)28-19)32-13-12-31-10-8-30(5)9-11-31;1-16(2)27-25-29-20(15-33-25)19-14-22(32-17(3)4)18-8-9-21(23(26)24(18)28-19)31-13-12-30-10-6-5-7-11-30;1-10(2)14-9-25-19(22-14)13-8-16(24-11(3)4)12-6-7-15(23-5)17(20)18(12)21-13/h6-7,14-17H,8-13H2,1-5H3,(H,27,29);8-9,14-17H,5-7,10-13H2,1-4H3,(H,27,29);6-11H,1-5H3. The maximum atomic E-state index is 6.83. The number of hydrogen-bond donors (Lipinski definition) is 2. The van der Waals surface area contributed by atoms with Crippen molar-refractivity contribution in [2.75, 3.05) is 90.4 Å². The van der Waals surface area contributed by atoms with Crippen LogP contribution in [0.3, 0.4) is 0 Å². The van der Waals surface area contributed by atoms with Crippen molar-refractivity contribution in [3.8, 4) is 68.0 Å². The molecule has 0 atom stereocenters. The van der Waals surface area contributed by atoms with Gasteiger partial charge in [0, 0.05) is 102 Å². The van der Waals surface area contributed by atoms with Gasteiger partial charge in [-0.25, -0.2) is 29.9 Å². The first-order valence-corrected chi connectivity index (χ1v) is 35.6. The van der Waals surface area contributed by atoms with E-state index in [9.17, 15) is 0 Å². The van der Waals surface area contributed by atoms with Gasteiger partial charge in [0.2, 0.25) is 0 Å². The van der Waals surface area contributed by atoms with Crippen molar-refractivity contribution >= 4 is 112 Å². The monoisotopic (exact) mass is 1370 g/mol. The van der Waals surface area contributed by atoms with Crippen molar-refractivity contribution in [1.29, 1.82) is 0 Å². The van der Waals surface area contributed by atoms with Crippen LogP contribution in [-0.4, -0.2) is 155 Å². The molecule has 6 aromatic heterocycles. The third-order valence-corrected chi connectivity index (χ3v) is 18.4. The summed E-state index contributed by atoms with van der Waals surface area (Å²) < 4.78 is 35.8.